The number of nitrogens with one attached hydrogen (secondary N) is 1. The highest BCUT2D eigenvalue weighted by Gasteiger charge is 2.37. The Balaban J connectivity index is 1.47. The van der Waals surface area contributed by atoms with Crippen LogP contribution in [0.25, 0.3) is 22.2 Å². The minimum Gasteiger partial charge on any atom is -0.494 e. The third-order valence-corrected chi connectivity index (χ3v) is 8.56. The third-order valence-electron chi connectivity index (χ3n) is 8.27. The van der Waals surface area contributed by atoms with Crippen molar-refractivity contribution in [1.82, 2.24) is 25.1 Å². The number of rotatable bonds is 12. The highest BCUT2D eigenvalue weighted by atomic mass is 35.5. The molecule has 4 N–H and O–H groups in total. The number of hydrogen-bond donors (Lipinski definition) is 3. The number of nitrogens with zero attached hydrogens (tertiary/aromatic N) is 4. The number of ether oxygens (including phenoxy) is 2. The SMILES string of the molecule is CCOc1c(CC(N)=O)cc([C@@](O)(CNC(=O)c2cc(OC)c3nn(C4CC4)cc3c2)c2ccnc(C)c2)nc1-c1cc(Cl)c(F)cc1F. The number of aliphatic hydroxyl groups is 1. The lowest BCUT2D eigenvalue weighted by Gasteiger charge is -2.30. The van der Waals surface area contributed by atoms with E-state index in [0.717, 1.165) is 18.9 Å². The maximum Gasteiger partial charge on any atom is 0.251 e. The lowest BCUT2D eigenvalue weighted by atomic mass is 9.87. The van der Waals surface area contributed by atoms with Crippen LogP contribution in [-0.4, -0.2) is 56.9 Å². The van der Waals surface area contributed by atoms with E-state index in [1.54, 1.807) is 38.1 Å². The van der Waals surface area contributed by atoms with Gasteiger partial charge in [0, 0.05) is 46.2 Å². The van der Waals surface area contributed by atoms with E-state index in [-0.39, 0.29) is 57.4 Å². The van der Waals surface area contributed by atoms with Crippen molar-refractivity contribution < 1.29 is 33.0 Å². The largest absolute Gasteiger partial charge is 0.494 e. The van der Waals surface area contributed by atoms with Crippen molar-refractivity contribution in [3.05, 3.63) is 99.6 Å². The van der Waals surface area contributed by atoms with Crippen molar-refractivity contribution in [2.75, 3.05) is 20.3 Å². The van der Waals surface area contributed by atoms with Gasteiger partial charge < -0.3 is 25.6 Å². The summed E-state index contributed by atoms with van der Waals surface area (Å²) in [4.78, 5) is 34.8. The molecule has 2 amide bonds. The van der Waals surface area contributed by atoms with Gasteiger partial charge in [0.05, 0.1) is 43.4 Å². The fourth-order valence-electron chi connectivity index (χ4n) is 5.70. The summed E-state index contributed by atoms with van der Waals surface area (Å²) in [5.41, 5.74) is 4.89. The van der Waals surface area contributed by atoms with Gasteiger partial charge in [0.1, 0.15) is 39.9 Å². The Morgan fingerprint density at radius 2 is 1.94 bits per heavy atom. The van der Waals surface area contributed by atoms with Crippen molar-refractivity contribution in [2.24, 2.45) is 5.73 Å². The molecule has 3 aromatic heterocycles. The maximum absolute atomic E-state index is 15.4. The number of carbonyl (C=O) groups is 2. The lowest BCUT2D eigenvalue weighted by Crippen LogP contribution is -2.42. The molecule has 0 radical (unpaired) electrons. The first-order valence-electron chi connectivity index (χ1n) is 15.5. The predicted molar refractivity (Wildman–Crippen MR) is 178 cm³/mol. The highest BCUT2D eigenvalue weighted by Crippen LogP contribution is 2.40. The molecule has 0 saturated heterocycles. The van der Waals surface area contributed by atoms with E-state index in [1.807, 2.05) is 10.9 Å². The molecule has 14 heteroatoms. The summed E-state index contributed by atoms with van der Waals surface area (Å²) in [6, 6.07) is 9.78. The molecule has 5 aromatic rings. The van der Waals surface area contributed by atoms with Gasteiger partial charge in [-0.05, 0) is 68.7 Å². The average Bonchev–Trinajstić information content (AvgIpc) is 3.83. The number of aromatic nitrogens is 4. The molecule has 0 unspecified atom stereocenters. The van der Waals surface area contributed by atoms with Crippen molar-refractivity contribution in [1.29, 1.82) is 0 Å². The molecule has 1 aliphatic rings. The molecule has 49 heavy (non-hydrogen) atoms. The number of amides is 2. The van der Waals surface area contributed by atoms with Crippen LogP contribution in [0.5, 0.6) is 11.5 Å². The Hall–Kier alpha value is -5.14. The van der Waals surface area contributed by atoms with E-state index in [0.29, 0.717) is 34.5 Å². The number of halogens is 3. The number of carbonyl (C=O) groups excluding carboxylic acids is 2. The molecule has 1 aliphatic carbocycles. The van der Waals surface area contributed by atoms with Gasteiger partial charge >= 0.3 is 0 Å². The zero-order valence-electron chi connectivity index (χ0n) is 26.9. The Kier molecular flexibility index (Phi) is 9.23. The Morgan fingerprint density at radius 1 is 1.16 bits per heavy atom. The molecule has 1 atom stereocenters. The molecule has 11 nitrogen and oxygen atoms in total. The molecule has 0 aliphatic heterocycles. The smallest absolute Gasteiger partial charge is 0.251 e. The van der Waals surface area contributed by atoms with Gasteiger partial charge in [0.2, 0.25) is 5.91 Å². The molecular formula is C35H33ClF2N6O5. The number of aryl methyl sites for hydroxylation is 1. The molecule has 0 spiro atoms. The highest BCUT2D eigenvalue weighted by molar-refractivity contribution is 6.31. The topological polar surface area (TPSA) is 154 Å². The predicted octanol–water partition coefficient (Wildman–Crippen LogP) is 5.17. The quantitative estimate of drug-likeness (QED) is 0.152. The van der Waals surface area contributed by atoms with E-state index in [2.05, 4.69) is 20.4 Å². The minimum atomic E-state index is -2.08. The Morgan fingerprint density at radius 3 is 2.61 bits per heavy atom. The van der Waals surface area contributed by atoms with Gasteiger partial charge in [-0.3, -0.25) is 19.3 Å². The number of methoxy groups -OCH3 is 1. The fourth-order valence-corrected chi connectivity index (χ4v) is 5.86. The molecule has 2 aromatic carbocycles. The lowest BCUT2D eigenvalue weighted by molar-refractivity contribution is -0.117. The summed E-state index contributed by atoms with van der Waals surface area (Å²) >= 11 is 6.05. The van der Waals surface area contributed by atoms with Crippen LogP contribution in [0.4, 0.5) is 8.78 Å². The van der Waals surface area contributed by atoms with Crippen molar-refractivity contribution in [3.8, 4) is 22.8 Å². The van der Waals surface area contributed by atoms with Crippen molar-refractivity contribution in [2.45, 2.75) is 44.8 Å². The first-order valence-corrected chi connectivity index (χ1v) is 15.9. The number of fused-ring (bicyclic) bond motifs is 1. The summed E-state index contributed by atoms with van der Waals surface area (Å²) in [6.07, 6.45) is 5.03. The summed E-state index contributed by atoms with van der Waals surface area (Å²) in [6.45, 7) is 3.06. The Bertz CT molecular complexity index is 2100. The fraction of sp³-hybridized carbons (Fsp3) is 0.286. The molecule has 0 bridgehead atoms. The van der Waals surface area contributed by atoms with Gasteiger partial charge in [-0.25, -0.2) is 13.8 Å². The van der Waals surface area contributed by atoms with Crippen LogP contribution in [0.1, 0.15) is 58.7 Å². The molecule has 3 heterocycles. The molecule has 254 valence electrons. The molecular weight excluding hydrogens is 658 g/mol. The summed E-state index contributed by atoms with van der Waals surface area (Å²) in [5.74, 6) is -2.87. The van der Waals surface area contributed by atoms with Gasteiger partial charge in [-0.2, -0.15) is 5.10 Å². The zero-order chi connectivity index (χ0) is 35.0. The maximum atomic E-state index is 15.4. The minimum absolute atomic E-state index is 0.00365. The normalized spacial score (nSPS) is 14.0. The zero-order valence-corrected chi connectivity index (χ0v) is 27.6. The van der Waals surface area contributed by atoms with E-state index in [1.165, 1.54) is 19.4 Å². The first kappa shape index (κ1) is 33.7. The van der Waals surface area contributed by atoms with Crippen LogP contribution in [0.2, 0.25) is 5.02 Å². The summed E-state index contributed by atoms with van der Waals surface area (Å²) < 4.78 is 42.8. The monoisotopic (exact) mass is 690 g/mol. The number of nitrogens with two attached hydrogens (primary N) is 1. The third kappa shape index (κ3) is 6.76. The molecule has 1 saturated carbocycles. The second-order valence-corrected chi connectivity index (χ2v) is 12.3. The van der Waals surface area contributed by atoms with Crippen LogP contribution in [-0.2, 0) is 16.8 Å². The van der Waals surface area contributed by atoms with E-state index < -0.39 is 35.6 Å². The van der Waals surface area contributed by atoms with Crippen LogP contribution >= 0.6 is 11.6 Å². The van der Waals surface area contributed by atoms with Crippen LogP contribution in [0, 0.1) is 18.6 Å². The van der Waals surface area contributed by atoms with Gasteiger partial charge in [0.15, 0.2) is 0 Å². The second kappa shape index (κ2) is 13.4. The summed E-state index contributed by atoms with van der Waals surface area (Å²) in [5, 5.41) is 20.3. The van der Waals surface area contributed by atoms with Crippen molar-refractivity contribution in [3.63, 3.8) is 0 Å². The van der Waals surface area contributed by atoms with Gasteiger partial charge in [0.25, 0.3) is 5.91 Å². The summed E-state index contributed by atoms with van der Waals surface area (Å²) in [7, 11) is 1.49. The first-order chi connectivity index (χ1) is 23.4. The molecule has 6 rings (SSSR count). The van der Waals surface area contributed by atoms with Gasteiger partial charge in [-0.1, -0.05) is 11.6 Å². The number of pyridine rings is 2. The van der Waals surface area contributed by atoms with E-state index in [9.17, 15) is 19.1 Å². The van der Waals surface area contributed by atoms with E-state index in [4.69, 9.17) is 26.8 Å². The van der Waals surface area contributed by atoms with E-state index >= 15 is 4.39 Å². The van der Waals surface area contributed by atoms with Crippen LogP contribution in [0.15, 0.2) is 54.9 Å². The van der Waals surface area contributed by atoms with Crippen LogP contribution < -0.4 is 20.5 Å². The number of primary amides is 1. The average molecular weight is 691 g/mol. The second-order valence-electron chi connectivity index (χ2n) is 11.9. The number of benzene rings is 2. The van der Waals surface area contributed by atoms with Crippen LogP contribution in [0.3, 0.4) is 0 Å². The standard InChI is InChI=1S/C35H33ClF2N6O5/c1-4-49-33-19(13-30(39)45)12-29(42-32(33)24-14-25(36)27(38)15-26(24)37)35(47,22-7-8-40-18(2)9-22)17-41-34(46)20-10-21-16-44(23-5-6-23)43-31(21)28(11-20)48-3/h7-12,14-16,23,47H,4-6,13,17H2,1-3H3,(H2,39,45)(H,41,46)/t35-/m1/s1. The molecule has 1 fully saturated rings. The Labute approximate surface area is 285 Å². The van der Waals surface area contributed by atoms with Gasteiger partial charge in [-0.15, -0.1) is 0 Å². The number of hydrogen-bond acceptors (Lipinski definition) is 8. The van der Waals surface area contributed by atoms with Crippen molar-refractivity contribution >= 4 is 34.3 Å².